The van der Waals surface area contributed by atoms with Crippen LogP contribution in [0.5, 0.6) is 5.75 Å². The van der Waals surface area contributed by atoms with Crippen LogP contribution in [0.3, 0.4) is 0 Å². The van der Waals surface area contributed by atoms with E-state index in [2.05, 4.69) is 10.6 Å². The highest BCUT2D eigenvalue weighted by Gasteiger charge is 2.33. The van der Waals surface area contributed by atoms with Crippen LogP contribution in [0.1, 0.15) is 29.6 Å². The number of benzene rings is 2. The van der Waals surface area contributed by atoms with Gasteiger partial charge in [0.2, 0.25) is 15.9 Å². The van der Waals surface area contributed by atoms with Gasteiger partial charge in [0, 0.05) is 37.7 Å². The van der Waals surface area contributed by atoms with Gasteiger partial charge in [-0.2, -0.15) is 4.31 Å². The molecule has 1 aliphatic rings. The summed E-state index contributed by atoms with van der Waals surface area (Å²) in [5, 5.41) is 14.9. The van der Waals surface area contributed by atoms with E-state index in [4.69, 9.17) is 0 Å². The van der Waals surface area contributed by atoms with Gasteiger partial charge in [-0.25, -0.2) is 12.8 Å². The fourth-order valence-electron chi connectivity index (χ4n) is 3.55. The number of sulfonamides is 1. The second-order valence-electron chi connectivity index (χ2n) is 7.56. The number of piperidine rings is 1. The Bertz CT molecular complexity index is 1070. The van der Waals surface area contributed by atoms with Gasteiger partial charge >= 0.3 is 0 Å². The van der Waals surface area contributed by atoms with Crippen molar-refractivity contribution in [3.63, 3.8) is 0 Å². The van der Waals surface area contributed by atoms with E-state index in [1.165, 1.54) is 34.6 Å². The molecule has 0 aliphatic carbocycles. The van der Waals surface area contributed by atoms with Crippen LogP contribution >= 0.6 is 0 Å². The Morgan fingerprint density at radius 2 is 1.72 bits per heavy atom. The zero-order valence-electron chi connectivity index (χ0n) is 17.5. The summed E-state index contributed by atoms with van der Waals surface area (Å²) in [6.45, 7) is 1.02. The molecule has 0 saturated carbocycles. The van der Waals surface area contributed by atoms with Crippen LogP contribution in [0, 0.1) is 11.7 Å². The molecule has 0 bridgehead atoms. The number of amides is 2. The van der Waals surface area contributed by atoms with E-state index >= 15 is 0 Å². The monoisotopic (exact) mass is 463 g/mol. The topological polar surface area (TPSA) is 116 Å². The number of phenolic OH excluding ortho intramolecular Hbond substituents is 1. The Morgan fingerprint density at radius 3 is 2.41 bits per heavy atom. The Kier molecular flexibility index (Phi) is 7.81. The zero-order chi connectivity index (χ0) is 23.1. The molecular weight excluding hydrogens is 437 g/mol. The number of phenols is 1. The third kappa shape index (κ3) is 5.83. The molecule has 172 valence electrons. The van der Waals surface area contributed by atoms with E-state index in [0.717, 1.165) is 6.07 Å². The lowest BCUT2D eigenvalue weighted by Gasteiger charge is -2.30. The molecule has 3 N–H and O–H groups in total. The first-order valence-corrected chi connectivity index (χ1v) is 11.8. The van der Waals surface area contributed by atoms with E-state index < -0.39 is 15.8 Å². The summed E-state index contributed by atoms with van der Waals surface area (Å²) < 4.78 is 40.4. The molecule has 2 aromatic carbocycles. The molecule has 0 atom stereocenters. The molecular formula is C22H26FN3O5S. The lowest BCUT2D eigenvalue weighted by atomic mass is 9.97. The van der Waals surface area contributed by atoms with Crippen molar-refractivity contribution in [2.45, 2.75) is 24.2 Å². The summed E-state index contributed by atoms with van der Waals surface area (Å²) in [6.07, 6.45) is 1.23. The van der Waals surface area contributed by atoms with Crippen LogP contribution in [-0.2, 0) is 14.8 Å². The van der Waals surface area contributed by atoms with Crippen molar-refractivity contribution in [2.75, 3.05) is 26.2 Å². The van der Waals surface area contributed by atoms with Crippen LogP contribution in [0.15, 0.2) is 53.4 Å². The molecule has 10 heteroatoms. The molecule has 1 fully saturated rings. The van der Waals surface area contributed by atoms with Gasteiger partial charge in [0.15, 0.2) is 0 Å². The van der Waals surface area contributed by atoms with Crippen LogP contribution in [0.25, 0.3) is 0 Å². The van der Waals surface area contributed by atoms with Gasteiger partial charge in [0.1, 0.15) is 16.5 Å². The minimum atomic E-state index is -3.93. The summed E-state index contributed by atoms with van der Waals surface area (Å²) in [5.41, 5.74) is 0.353. The van der Waals surface area contributed by atoms with Crippen molar-refractivity contribution in [1.82, 2.24) is 14.9 Å². The minimum Gasteiger partial charge on any atom is -0.508 e. The SMILES string of the molecule is O=C(NCCCNC(=O)C1CCN(S(=O)(=O)c2ccccc2F)CC1)c1cccc(O)c1. The molecule has 0 spiro atoms. The predicted octanol–water partition coefficient (Wildman–Crippen LogP) is 1.87. The second-order valence-corrected chi connectivity index (χ2v) is 9.47. The number of nitrogens with zero attached hydrogens (tertiary/aromatic N) is 1. The number of carbonyl (C=O) groups excluding carboxylic acids is 2. The van der Waals surface area contributed by atoms with Gasteiger partial charge in [-0.1, -0.05) is 18.2 Å². The van der Waals surface area contributed by atoms with Crippen molar-refractivity contribution in [1.29, 1.82) is 0 Å². The maximum atomic E-state index is 13.9. The quantitative estimate of drug-likeness (QED) is 0.517. The van der Waals surface area contributed by atoms with Gasteiger partial charge in [0.05, 0.1) is 0 Å². The molecule has 0 radical (unpaired) electrons. The number of nitrogens with one attached hydrogen (secondary N) is 2. The highest BCUT2D eigenvalue weighted by Crippen LogP contribution is 2.25. The van der Waals surface area contributed by atoms with Crippen LogP contribution in [0.2, 0.25) is 0 Å². The molecule has 1 heterocycles. The Labute approximate surface area is 186 Å². The van der Waals surface area contributed by atoms with Gasteiger partial charge < -0.3 is 15.7 Å². The third-order valence-electron chi connectivity index (χ3n) is 5.33. The van der Waals surface area contributed by atoms with E-state index in [1.54, 1.807) is 12.1 Å². The molecule has 1 aliphatic heterocycles. The van der Waals surface area contributed by atoms with Crippen LogP contribution in [-0.4, -0.2) is 55.8 Å². The maximum absolute atomic E-state index is 13.9. The molecule has 8 nitrogen and oxygen atoms in total. The normalized spacial score (nSPS) is 15.3. The Morgan fingerprint density at radius 1 is 1.03 bits per heavy atom. The smallest absolute Gasteiger partial charge is 0.251 e. The summed E-state index contributed by atoms with van der Waals surface area (Å²) in [5.74, 6) is -1.56. The Hall–Kier alpha value is -2.98. The first kappa shape index (κ1) is 23.7. The Balaban J connectivity index is 1.38. The number of carbonyl (C=O) groups is 2. The van der Waals surface area contributed by atoms with Crippen LogP contribution < -0.4 is 10.6 Å². The van der Waals surface area contributed by atoms with E-state index in [9.17, 15) is 27.5 Å². The van der Waals surface area contributed by atoms with E-state index in [0.29, 0.717) is 37.9 Å². The van der Waals surface area contributed by atoms with Gasteiger partial charge in [-0.05, 0) is 49.6 Å². The van der Waals surface area contributed by atoms with Gasteiger partial charge in [0.25, 0.3) is 5.91 Å². The van der Waals surface area contributed by atoms with Crippen molar-refractivity contribution >= 4 is 21.8 Å². The maximum Gasteiger partial charge on any atom is 0.251 e. The van der Waals surface area contributed by atoms with Gasteiger partial charge in [-0.3, -0.25) is 9.59 Å². The lowest BCUT2D eigenvalue weighted by molar-refractivity contribution is -0.126. The summed E-state index contributed by atoms with van der Waals surface area (Å²) in [7, 11) is -3.93. The van der Waals surface area contributed by atoms with Crippen molar-refractivity contribution in [3.8, 4) is 5.75 Å². The number of halogens is 1. The van der Waals surface area contributed by atoms with E-state index in [1.807, 2.05) is 0 Å². The van der Waals surface area contributed by atoms with Crippen molar-refractivity contribution in [2.24, 2.45) is 5.92 Å². The molecule has 2 aromatic rings. The number of hydrogen-bond donors (Lipinski definition) is 3. The first-order chi connectivity index (χ1) is 15.3. The predicted molar refractivity (Wildman–Crippen MR) is 116 cm³/mol. The second kappa shape index (κ2) is 10.6. The molecule has 1 saturated heterocycles. The highest BCUT2D eigenvalue weighted by atomic mass is 32.2. The molecule has 32 heavy (non-hydrogen) atoms. The number of aromatic hydroxyl groups is 1. The summed E-state index contributed by atoms with van der Waals surface area (Å²) in [4.78, 5) is 24.0. The summed E-state index contributed by atoms with van der Waals surface area (Å²) >= 11 is 0. The average molecular weight is 464 g/mol. The van der Waals surface area contributed by atoms with Gasteiger partial charge in [-0.15, -0.1) is 0 Å². The first-order valence-electron chi connectivity index (χ1n) is 10.4. The minimum absolute atomic E-state index is 0.0117. The van der Waals surface area contributed by atoms with Crippen molar-refractivity contribution in [3.05, 3.63) is 59.9 Å². The zero-order valence-corrected chi connectivity index (χ0v) is 18.3. The third-order valence-corrected chi connectivity index (χ3v) is 7.26. The largest absolute Gasteiger partial charge is 0.508 e. The fraction of sp³-hybridized carbons (Fsp3) is 0.364. The number of hydrogen-bond acceptors (Lipinski definition) is 5. The van der Waals surface area contributed by atoms with E-state index in [-0.39, 0.29) is 41.5 Å². The fourth-order valence-corrected chi connectivity index (χ4v) is 5.08. The van der Waals surface area contributed by atoms with Crippen molar-refractivity contribution < 1.29 is 27.5 Å². The molecule has 0 unspecified atom stereocenters. The lowest BCUT2D eigenvalue weighted by Crippen LogP contribution is -2.43. The molecule has 0 aromatic heterocycles. The molecule has 2 amide bonds. The summed E-state index contributed by atoms with van der Waals surface area (Å²) in [6, 6.07) is 11.3. The number of rotatable bonds is 8. The standard InChI is InChI=1S/C22H26FN3O5S/c23-19-7-1-2-8-20(19)32(30,31)26-13-9-16(10-14-26)21(28)24-11-4-12-25-22(29)17-5-3-6-18(27)15-17/h1-3,5-8,15-16,27H,4,9-14H2,(H,24,28)(H,25,29). The highest BCUT2D eigenvalue weighted by molar-refractivity contribution is 7.89. The molecule has 3 rings (SSSR count). The van der Waals surface area contributed by atoms with Crippen LogP contribution in [0.4, 0.5) is 4.39 Å². The average Bonchev–Trinajstić information content (AvgIpc) is 2.79.